The highest BCUT2D eigenvalue weighted by Crippen LogP contribution is 2.30. The summed E-state index contributed by atoms with van der Waals surface area (Å²) in [6.45, 7) is 53.0. The molecule has 72 heavy (non-hydrogen) atoms. The maximum atomic E-state index is 3.18. The molecule has 0 atom stereocenters. The molecule has 0 radical (unpaired) electrons. The Hall–Kier alpha value is -5.36. The number of aromatic amines is 6. The van der Waals surface area contributed by atoms with Gasteiger partial charge >= 0.3 is 0 Å². The number of hydrogen-bond acceptors (Lipinski definition) is 0. The van der Waals surface area contributed by atoms with E-state index in [4.69, 9.17) is 0 Å². The molecular formula is C66H106N6. The lowest BCUT2D eigenvalue weighted by Crippen LogP contribution is -2.10. The van der Waals surface area contributed by atoms with Crippen LogP contribution in [0.3, 0.4) is 0 Å². The molecule has 0 unspecified atom stereocenters. The van der Waals surface area contributed by atoms with Crippen LogP contribution in [0.25, 0.3) is 0 Å². The highest BCUT2D eigenvalue weighted by atomic mass is 14.7. The molecule has 6 aromatic rings. The molecule has 6 aromatic heterocycles. The quantitative estimate of drug-likeness (QED) is 0.0875. The molecule has 6 N–H and O–H groups in total. The van der Waals surface area contributed by atoms with Gasteiger partial charge in [-0.25, -0.2) is 0 Å². The fourth-order valence-electron chi connectivity index (χ4n) is 6.80. The predicted octanol–water partition coefficient (Wildman–Crippen LogP) is 19.7. The van der Waals surface area contributed by atoms with E-state index < -0.39 is 0 Å². The Bertz CT molecular complexity index is 1960. The molecule has 8 rings (SSSR count). The summed E-state index contributed by atoms with van der Waals surface area (Å²) < 4.78 is 0. The lowest BCUT2D eigenvalue weighted by molar-refractivity contribution is 0.517. The Labute approximate surface area is 442 Å². The minimum Gasteiger partial charge on any atom is -0.367 e. The van der Waals surface area contributed by atoms with Crippen LogP contribution in [0.1, 0.15) is 213 Å². The van der Waals surface area contributed by atoms with E-state index in [0.29, 0.717) is 21.7 Å². The van der Waals surface area contributed by atoms with Gasteiger partial charge in [0.15, 0.2) is 0 Å². The van der Waals surface area contributed by atoms with Crippen molar-refractivity contribution in [2.45, 2.75) is 212 Å². The second-order valence-electron chi connectivity index (χ2n) is 27.1. The zero-order valence-electron chi connectivity index (χ0n) is 50.3. The molecule has 2 aliphatic rings. The minimum atomic E-state index is 0.267. The van der Waals surface area contributed by atoms with Crippen molar-refractivity contribution in [1.29, 1.82) is 0 Å². The molecule has 0 saturated heterocycles. The van der Waals surface area contributed by atoms with Crippen LogP contribution in [0.2, 0.25) is 0 Å². The molecule has 0 aliphatic heterocycles. The molecule has 6 nitrogen and oxygen atoms in total. The summed E-state index contributed by atoms with van der Waals surface area (Å²) in [4.78, 5) is 18.8. The van der Waals surface area contributed by atoms with Crippen molar-refractivity contribution >= 4 is 0 Å². The highest BCUT2D eigenvalue weighted by molar-refractivity contribution is 5.31. The number of hydrogen-bond donors (Lipinski definition) is 6. The van der Waals surface area contributed by atoms with Crippen molar-refractivity contribution in [2.24, 2.45) is 10.8 Å². The number of rotatable bonds is 0. The maximum absolute atomic E-state index is 3.18. The van der Waals surface area contributed by atoms with Crippen molar-refractivity contribution in [3.63, 3.8) is 0 Å². The molecule has 6 heterocycles. The van der Waals surface area contributed by atoms with Crippen LogP contribution in [0.5, 0.6) is 0 Å². The molecule has 0 spiro atoms. The summed E-state index contributed by atoms with van der Waals surface area (Å²) >= 11 is 0. The molecule has 2 aliphatic carbocycles. The van der Waals surface area contributed by atoms with Gasteiger partial charge in [-0.1, -0.05) is 203 Å². The molecule has 0 amide bonds. The monoisotopic (exact) mass is 983 g/mol. The first-order valence-electron chi connectivity index (χ1n) is 26.4. The smallest absolute Gasteiger partial charge is 0.0201 e. The summed E-state index contributed by atoms with van der Waals surface area (Å²) in [5.74, 6) is 0. The molecule has 0 saturated carbocycles. The van der Waals surface area contributed by atoms with Crippen LogP contribution >= 0.6 is 0 Å². The molecule has 400 valence electrons. The summed E-state index contributed by atoms with van der Waals surface area (Å²) in [6.07, 6.45) is 31.5. The Balaban J connectivity index is 0.000000411. The van der Waals surface area contributed by atoms with Crippen LogP contribution in [0, 0.1) is 10.8 Å². The fourth-order valence-corrected chi connectivity index (χ4v) is 6.80. The third kappa shape index (κ3) is 26.9. The third-order valence-corrected chi connectivity index (χ3v) is 11.8. The van der Waals surface area contributed by atoms with Crippen molar-refractivity contribution in [3.8, 4) is 0 Å². The Morgan fingerprint density at radius 1 is 0.292 bits per heavy atom. The summed E-state index contributed by atoms with van der Waals surface area (Å²) in [7, 11) is 0. The zero-order valence-corrected chi connectivity index (χ0v) is 50.3. The second-order valence-corrected chi connectivity index (χ2v) is 27.1. The van der Waals surface area contributed by atoms with Crippen molar-refractivity contribution in [3.05, 3.63) is 192 Å². The number of allylic oxidation sites excluding steroid dienone is 8. The number of nitrogens with one attached hydrogen (secondary N) is 6. The van der Waals surface area contributed by atoms with Crippen LogP contribution in [0.4, 0.5) is 0 Å². The van der Waals surface area contributed by atoms with E-state index >= 15 is 0 Å². The molecule has 0 bridgehead atoms. The van der Waals surface area contributed by atoms with Gasteiger partial charge in [0.25, 0.3) is 0 Å². The predicted molar refractivity (Wildman–Crippen MR) is 320 cm³/mol. The minimum absolute atomic E-state index is 0.267. The van der Waals surface area contributed by atoms with Gasteiger partial charge in [-0.2, -0.15) is 0 Å². The van der Waals surface area contributed by atoms with Crippen LogP contribution < -0.4 is 0 Å². The van der Waals surface area contributed by atoms with E-state index in [2.05, 4.69) is 269 Å². The van der Waals surface area contributed by atoms with E-state index in [1.165, 1.54) is 45.0 Å². The largest absolute Gasteiger partial charge is 0.367 e. The van der Waals surface area contributed by atoms with Gasteiger partial charge in [-0.05, 0) is 117 Å². The van der Waals surface area contributed by atoms with Crippen molar-refractivity contribution < 1.29 is 0 Å². The fraction of sp³-hybridized carbons (Fsp3) is 0.515. The normalized spacial score (nSPS) is 13.5. The second kappa shape index (κ2) is 28.2. The Morgan fingerprint density at radius 2 is 0.542 bits per heavy atom. The van der Waals surface area contributed by atoms with Gasteiger partial charge in [0.2, 0.25) is 0 Å². The molecular weight excluding hydrogens is 877 g/mol. The van der Waals surface area contributed by atoms with Gasteiger partial charge < -0.3 is 29.9 Å². The standard InChI is InChI=1S/2C9H14.6C8H13N/c2*1-9(2,3)8-6-4-5-7-8;2*1-8(2,3)7-4-5-9-6-7;4*1-8(2,3)7-5-4-6-9-7/h2*4,6-7H,5H2,1-3H3;6*4-6,9H,1-3H3. The van der Waals surface area contributed by atoms with E-state index in [9.17, 15) is 0 Å². The Kier molecular flexibility index (Phi) is 25.3. The van der Waals surface area contributed by atoms with Gasteiger partial charge in [0, 0.05) is 94.0 Å². The molecule has 6 heteroatoms. The van der Waals surface area contributed by atoms with E-state index in [1.54, 1.807) is 0 Å². The van der Waals surface area contributed by atoms with Gasteiger partial charge in [0.05, 0.1) is 0 Å². The Morgan fingerprint density at radius 3 is 0.625 bits per heavy atom. The lowest BCUT2D eigenvalue weighted by Gasteiger charge is -2.18. The van der Waals surface area contributed by atoms with Gasteiger partial charge in [-0.15, -0.1) is 0 Å². The van der Waals surface area contributed by atoms with Crippen LogP contribution in [-0.4, -0.2) is 29.9 Å². The molecule has 0 aromatic carbocycles. The summed E-state index contributed by atoms with van der Waals surface area (Å²) in [6, 6.07) is 20.8. The lowest BCUT2D eigenvalue weighted by atomic mass is 9.87. The van der Waals surface area contributed by atoms with Crippen molar-refractivity contribution in [2.75, 3.05) is 0 Å². The average molecular weight is 984 g/mol. The number of H-pyrrole nitrogens is 6. The summed E-state index contributed by atoms with van der Waals surface area (Å²) in [5, 5.41) is 0. The first-order chi connectivity index (χ1) is 32.8. The van der Waals surface area contributed by atoms with Crippen LogP contribution in [0.15, 0.2) is 158 Å². The highest BCUT2D eigenvalue weighted by Gasteiger charge is 2.18. The van der Waals surface area contributed by atoms with Crippen LogP contribution in [-0.2, 0) is 32.5 Å². The zero-order chi connectivity index (χ0) is 55.2. The van der Waals surface area contributed by atoms with Crippen molar-refractivity contribution in [1.82, 2.24) is 29.9 Å². The van der Waals surface area contributed by atoms with Gasteiger partial charge in [0.1, 0.15) is 0 Å². The maximum Gasteiger partial charge on any atom is 0.0201 e. The average Bonchev–Trinajstić information content (AvgIpc) is 4.13. The third-order valence-electron chi connectivity index (χ3n) is 11.8. The van der Waals surface area contributed by atoms with Gasteiger partial charge in [-0.3, -0.25) is 0 Å². The van der Waals surface area contributed by atoms with E-state index in [0.717, 1.165) is 12.8 Å². The topological polar surface area (TPSA) is 94.7 Å². The van der Waals surface area contributed by atoms with E-state index in [-0.39, 0.29) is 21.7 Å². The van der Waals surface area contributed by atoms with E-state index in [1.807, 2.05) is 73.8 Å². The molecule has 0 fully saturated rings. The summed E-state index contributed by atoms with van der Waals surface area (Å²) in [5.41, 5.74) is 13.2. The SMILES string of the molecule is CC(C)(C)C1=CCC=C1.CC(C)(C)C1=CCC=C1.CC(C)(C)c1cc[nH]c1.CC(C)(C)c1cc[nH]c1.CC(C)(C)c1ccc[nH]1.CC(C)(C)c1ccc[nH]1.CC(C)(C)c1ccc[nH]1.CC(C)(C)c1ccc[nH]1. The first-order valence-corrected chi connectivity index (χ1v) is 26.4. The first kappa shape index (κ1) is 64.7. The number of aromatic nitrogens is 6.